The molecule has 7 heteroatoms. The molecule has 0 aliphatic carbocycles. The maximum atomic E-state index is 14.1. The normalized spacial score (nSPS) is 11.5. The zero-order valence-corrected chi connectivity index (χ0v) is 14.5. The number of aryl methyl sites for hydroxylation is 1. The van der Waals surface area contributed by atoms with Gasteiger partial charge in [0, 0.05) is 11.8 Å². The van der Waals surface area contributed by atoms with Gasteiger partial charge in [0.1, 0.15) is 0 Å². The minimum Gasteiger partial charge on any atom is -0.494 e. The number of ether oxygens (including phenoxy) is 1. The molecule has 0 aliphatic rings. The lowest BCUT2D eigenvalue weighted by molar-refractivity contribution is 0.386. The number of nitrogens with two attached hydrogens (primary N) is 1. The summed E-state index contributed by atoms with van der Waals surface area (Å²) in [6.45, 7) is 1.91. The average Bonchev–Trinajstić information content (AvgIpc) is 2.95. The quantitative estimate of drug-likeness (QED) is 0.747. The van der Waals surface area contributed by atoms with Crippen molar-refractivity contribution in [2.75, 3.05) is 7.11 Å². The van der Waals surface area contributed by atoms with Gasteiger partial charge in [0.2, 0.25) is 10.0 Å². The Bertz CT molecular complexity index is 1020. The van der Waals surface area contributed by atoms with Gasteiger partial charge >= 0.3 is 0 Å². The number of hydrogen-bond acceptors (Lipinski definition) is 3. The molecule has 3 N–H and O–H groups in total. The highest BCUT2D eigenvalue weighted by atomic mass is 32.2. The van der Waals surface area contributed by atoms with E-state index in [1.54, 1.807) is 24.3 Å². The van der Waals surface area contributed by atoms with E-state index in [0.717, 1.165) is 22.4 Å². The fourth-order valence-electron chi connectivity index (χ4n) is 2.75. The van der Waals surface area contributed by atoms with Crippen LogP contribution < -0.4 is 9.88 Å². The van der Waals surface area contributed by atoms with Crippen LogP contribution in [0.4, 0.5) is 4.39 Å². The molecule has 3 rings (SSSR count). The SMILES string of the molecule is COc1ccc(-c2c(C)c[nH]c2-c2ccc(S(N)(=O)=O)cc2)cc1F. The Morgan fingerprint density at radius 3 is 2.28 bits per heavy atom. The summed E-state index contributed by atoms with van der Waals surface area (Å²) in [7, 11) is -2.33. The van der Waals surface area contributed by atoms with Crippen molar-refractivity contribution < 1.29 is 17.5 Å². The van der Waals surface area contributed by atoms with Crippen molar-refractivity contribution in [3.63, 3.8) is 0 Å². The van der Waals surface area contributed by atoms with Crippen LogP contribution in [0.2, 0.25) is 0 Å². The van der Waals surface area contributed by atoms with E-state index in [4.69, 9.17) is 9.88 Å². The van der Waals surface area contributed by atoms with Crippen LogP contribution in [-0.4, -0.2) is 20.5 Å². The van der Waals surface area contributed by atoms with Crippen molar-refractivity contribution in [3.8, 4) is 28.1 Å². The van der Waals surface area contributed by atoms with E-state index in [1.165, 1.54) is 25.3 Å². The van der Waals surface area contributed by atoms with Crippen LogP contribution in [0, 0.1) is 12.7 Å². The van der Waals surface area contributed by atoms with Crippen molar-refractivity contribution >= 4 is 10.0 Å². The summed E-state index contributed by atoms with van der Waals surface area (Å²) in [6.07, 6.45) is 1.82. The summed E-state index contributed by atoms with van der Waals surface area (Å²) < 4.78 is 41.8. The van der Waals surface area contributed by atoms with Crippen molar-refractivity contribution in [3.05, 3.63) is 60.0 Å². The van der Waals surface area contributed by atoms with Crippen LogP contribution in [0.25, 0.3) is 22.4 Å². The van der Waals surface area contributed by atoms with E-state index in [9.17, 15) is 12.8 Å². The summed E-state index contributed by atoms with van der Waals surface area (Å²) in [6, 6.07) is 11.0. The van der Waals surface area contributed by atoms with Gasteiger partial charge in [-0.15, -0.1) is 0 Å². The number of halogens is 1. The van der Waals surface area contributed by atoms with Crippen LogP contribution in [0.5, 0.6) is 5.75 Å². The van der Waals surface area contributed by atoms with Gasteiger partial charge in [-0.2, -0.15) is 0 Å². The van der Waals surface area contributed by atoms with E-state index in [2.05, 4.69) is 4.98 Å². The molecule has 1 heterocycles. The predicted octanol–water partition coefficient (Wildman–Crippen LogP) is 3.45. The highest BCUT2D eigenvalue weighted by Gasteiger charge is 2.15. The molecule has 1 aromatic heterocycles. The number of nitrogens with one attached hydrogen (secondary N) is 1. The number of methoxy groups -OCH3 is 1. The first-order valence-corrected chi connectivity index (χ1v) is 9.01. The largest absolute Gasteiger partial charge is 0.494 e. The Morgan fingerprint density at radius 2 is 1.72 bits per heavy atom. The maximum absolute atomic E-state index is 14.1. The van der Waals surface area contributed by atoms with Gasteiger partial charge < -0.3 is 9.72 Å². The first-order valence-electron chi connectivity index (χ1n) is 7.46. The Hall–Kier alpha value is -2.64. The van der Waals surface area contributed by atoms with Gasteiger partial charge in [-0.3, -0.25) is 0 Å². The molecular formula is C18H17FN2O3S. The van der Waals surface area contributed by atoms with E-state index in [1.807, 2.05) is 13.1 Å². The molecule has 0 spiro atoms. The molecule has 0 saturated carbocycles. The van der Waals surface area contributed by atoms with Crippen LogP contribution in [0.15, 0.2) is 53.6 Å². The maximum Gasteiger partial charge on any atom is 0.238 e. The van der Waals surface area contributed by atoms with Crippen molar-refractivity contribution in [1.29, 1.82) is 0 Å². The molecule has 2 aromatic carbocycles. The third kappa shape index (κ3) is 3.29. The Balaban J connectivity index is 2.10. The third-order valence-electron chi connectivity index (χ3n) is 3.99. The van der Waals surface area contributed by atoms with E-state index < -0.39 is 15.8 Å². The summed E-state index contributed by atoms with van der Waals surface area (Å²) in [4.78, 5) is 3.20. The Labute approximate surface area is 145 Å². The second-order valence-corrected chi connectivity index (χ2v) is 7.20. The zero-order chi connectivity index (χ0) is 18.2. The topological polar surface area (TPSA) is 85.2 Å². The highest BCUT2D eigenvalue weighted by molar-refractivity contribution is 7.89. The Kier molecular flexibility index (Phi) is 4.36. The molecule has 0 atom stereocenters. The smallest absolute Gasteiger partial charge is 0.238 e. The fourth-order valence-corrected chi connectivity index (χ4v) is 3.27. The van der Waals surface area contributed by atoms with Gasteiger partial charge in [0.25, 0.3) is 0 Å². The monoisotopic (exact) mass is 360 g/mol. The van der Waals surface area contributed by atoms with Gasteiger partial charge in [-0.1, -0.05) is 18.2 Å². The lowest BCUT2D eigenvalue weighted by Crippen LogP contribution is -2.11. The number of rotatable bonds is 4. The standard InChI is InChI=1S/C18H17FN2O3S/c1-11-10-21-18(12-3-6-14(7-4-12)25(20,22)23)17(11)13-5-8-16(24-2)15(19)9-13/h3-10,21H,1-2H3,(H2,20,22,23). The van der Waals surface area contributed by atoms with E-state index in [-0.39, 0.29) is 10.6 Å². The Morgan fingerprint density at radius 1 is 1.08 bits per heavy atom. The molecular weight excluding hydrogens is 343 g/mol. The molecule has 3 aromatic rings. The number of aromatic amines is 1. The first-order chi connectivity index (χ1) is 11.8. The summed E-state index contributed by atoms with van der Waals surface area (Å²) >= 11 is 0. The average molecular weight is 360 g/mol. The van der Waals surface area contributed by atoms with Gasteiger partial charge in [0.15, 0.2) is 11.6 Å². The lowest BCUT2D eigenvalue weighted by Gasteiger charge is -2.09. The number of benzene rings is 2. The number of H-pyrrole nitrogens is 1. The number of hydrogen-bond donors (Lipinski definition) is 2. The second kappa shape index (κ2) is 6.34. The summed E-state index contributed by atoms with van der Waals surface area (Å²) in [5.74, 6) is -0.271. The van der Waals surface area contributed by atoms with Crippen LogP contribution in [0.3, 0.4) is 0 Å². The van der Waals surface area contributed by atoms with Crippen LogP contribution >= 0.6 is 0 Å². The molecule has 0 saturated heterocycles. The van der Waals surface area contributed by atoms with Crippen molar-refractivity contribution in [1.82, 2.24) is 4.98 Å². The molecule has 130 valence electrons. The highest BCUT2D eigenvalue weighted by Crippen LogP contribution is 2.36. The third-order valence-corrected chi connectivity index (χ3v) is 4.92. The molecule has 0 bridgehead atoms. The number of primary sulfonamides is 1. The van der Waals surface area contributed by atoms with E-state index >= 15 is 0 Å². The van der Waals surface area contributed by atoms with Gasteiger partial charge in [-0.05, 0) is 47.9 Å². The lowest BCUT2D eigenvalue weighted by atomic mass is 9.98. The summed E-state index contributed by atoms with van der Waals surface area (Å²) in [5.41, 5.74) is 4.01. The first kappa shape index (κ1) is 17.2. The van der Waals surface area contributed by atoms with Crippen LogP contribution in [0.1, 0.15) is 5.56 Å². The molecule has 0 amide bonds. The molecule has 0 aliphatic heterocycles. The molecule has 0 radical (unpaired) electrons. The number of aromatic nitrogens is 1. The second-order valence-electron chi connectivity index (χ2n) is 5.64. The molecule has 0 fully saturated rings. The fraction of sp³-hybridized carbons (Fsp3) is 0.111. The predicted molar refractivity (Wildman–Crippen MR) is 94.3 cm³/mol. The minimum atomic E-state index is -3.75. The minimum absolute atomic E-state index is 0.0385. The van der Waals surface area contributed by atoms with Crippen molar-refractivity contribution in [2.24, 2.45) is 5.14 Å². The molecule has 25 heavy (non-hydrogen) atoms. The van der Waals surface area contributed by atoms with Crippen LogP contribution in [-0.2, 0) is 10.0 Å². The van der Waals surface area contributed by atoms with Gasteiger partial charge in [0.05, 0.1) is 17.7 Å². The zero-order valence-electron chi connectivity index (χ0n) is 13.7. The summed E-state index contributed by atoms with van der Waals surface area (Å²) in [5, 5.41) is 5.13. The van der Waals surface area contributed by atoms with Gasteiger partial charge in [-0.25, -0.2) is 17.9 Å². The molecule has 0 unspecified atom stereocenters. The number of sulfonamides is 1. The molecule has 5 nitrogen and oxygen atoms in total. The van der Waals surface area contributed by atoms with Crippen molar-refractivity contribution in [2.45, 2.75) is 11.8 Å². The van der Waals surface area contributed by atoms with E-state index in [0.29, 0.717) is 5.56 Å².